The number of hydrogen-bond acceptors (Lipinski definition) is 6. The molecule has 1 unspecified atom stereocenters. The number of nitrogens with zero attached hydrogens (tertiary/aromatic N) is 4. The number of halogens is 3. The standard InChI is InChI=1S/C13H18N4OS.C2HF3O2/c1-18-10-11-6-16(9-13-15-3-5-19-13)8-12-14-2-4-17(12)7-11;3-2(4,5)1(6)7/h2-5,11H,6-10H2,1H3;(H,6,7). The lowest BCUT2D eigenvalue weighted by Crippen LogP contribution is -2.29. The van der Waals surface area contributed by atoms with Crippen LogP contribution >= 0.6 is 11.3 Å². The summed E-state index contributed by atoms with van der Waals surface area (Å²) in [7, 11) is 1.77. The van der Waals surface area contributed by atoms with Crippen LogP contribution in [0.15, 0.2) is 24.0 Å². The van der Waals surface area contributed by atoms with E-state index >= 15 is 0 Å². The second-order valence-electron chi connectivity index (χ2n) is 5.72. The fraction of sp³-hybridized carbons (Fsp3) is 0.533. The number of fused-ring (bicyclic) bond motifs is 1. The topological polar surface area (TPSA) is 80.5 Å². The number of carboxylic acid groups (broad SMARTS) is 1. The molecule has 3 rings (SSSR count). The van der Waals surface area contributed by atoms with Crippen molar-refractivity contribution in [2.24, 2.45) is 5.92 Å². The van der Waals surface area contributed by atoms with Gasteiger partial charge >= 0.3 is 12.1 Å². The third-order valence-electron chi connectivity index (χ3n) is 3.63. The van der Waals surface area contributed by atoms with Crippen molar-refractivity contribution in [3.63, 3.8) is 0 Å². The zero-order valence-electron chi connectivity index (χ0n) is 14.0. The molecule has 0 aliphatic carbocycles. The van der Waals surface area contributed by atoms with Crippen LogP contribution in [0, 0.1) is 5.92 Å². The second-order valence-corrected chi connectivity index (χ2v) is 6.69. The maximum absolute atomic E-state index is 10.6. The third kappa shape index (κ3) is 6.07. The van der Waals surface area contributed by atoms with Gasteiger partial charge in [0.25, 0.3) is 0 Å². The van der Waals surface area contributed by atoms with Gasteiger partial charge in [0.15, 0.2) is 0 Å². The van der Waals surface area contributed by atoms with Crippen LogP contribution in [0.3, 0.4) is 0 Å². The molecular weight excluding hydrogens is 373 g/mol. The minimum atomic E-state index is -5.08. The lowest BCUT2D eigenvalue weighted by atomic mass is 10.1. The zero-order chi connectivity index (χ0) is 19.2. The summed E-state index contributed by atoms with van der Waals surface area (Å²) in [6, 6.07) is 0. The van der Waals surface area contributed by atoms with Crippen molar-refractivity contribution in [3.8, 4) is 0 Å². The van der Waals surface area contributed by atoms with E-state index in [0.717, 1.165) is 43.6 Å². The molecule has 0 radical (unpaired) electrons. The van der Waals surface area contributed by atoms with Gasteiger partial charge in [-0.05, 0) is 0 Å². The molecule has 1 aliphatic rings. The van der Waals surface area contributed by atoms with Crippen LogP contribution in [-0.4, -0.2) is 56.9 Å². The lowest BCUT2D eigenvalue weighted by Gasteiger charge is -2.22. The number of rotatable bonds is 4. The van der Waals surface area contributed by atoms with Crippen molar-refractivity contribution >= 4 is 17.3 Å². The van der Waals surface area contributed by atoms with Crippen molar-refractivity contribution < 1.29 is 27.8 Å². The van der Waals surface area contributed by atoms with Gasteiger partial charge in [-0.1, -0.05) is 0 Å². The molecule has 0 saturated heterocycles. The first-order chi connectivity index (χ1) is 12.3. The Morgan fingerprint density at radius 2 is 2.12 bits per heavy atom. The minimum Gasteiger partial charge on any atom is -0.475 e. The zero-order valence-corrected chi connectivity index (χ0v) is 14.8. The third-order valence-corrected chi connectivity index (χ3v) is 4.39. The van der Waals surface area contributed by atoms with Gasteiger partial charge in [0.05, 0.1) is 19.7 Å². The summed E-state index contributed by atoms with van der Waals surface area (Å²) >= 11 is 1.71. The molecule has 11 heteroatoms. The van der Waals surface area contributed by atoms with E-state index in [1.165, 1.54) is 0 Å². The maximum Gasteiger partial charge on any atom is 0.490 e. The van der Waals surface area contributed by atoms with Gasteiger partial charge in [0, 0.05) is 50.1 Å². The van der Waals surface area contributed by atoms with Crippen molar-refractivity contribution in [2.45, 2.75) is 25.8 Å². The highest BCUT2D eigenvalue weighted by Crippen LogP contribution is 2.18. The van der Waals surface area contributed by atoms with Gasteiger partial charge in [-0.15, -0.1) is 11.3 Å². The van der Waals surface area contributed by atoms with Crippen LogP contribution in [0.2, 0.25) is 0 Å². The first-order valence-corrected chi connectivity index (χ1v) is 8.57. The predicted octanol–water partition coefficient (Wildman–Crippen LogP) is 2.25. The quantitative estimate of drug-likeness (QED) is 0.860. The summed E-state index contributed by atoms with van der Waals surface area (Å²) in [6.45, 7) is 4.57. The molecule has 1 N–H and O–H groups in total. The van der Waals surface area contributed by atoms with Gasteiger partial charge in [-0.2, -0.15) is 13.2 Å². The first kappa shape index (κ1) is 20.3. The molecule has 0 spiro atoms. The van der Waals surface area contributed by atoms with Crippen LogP contribution in [0.25, 0.3) is 0 Å². The number of carboxylic acids is 1. The first-order valence-electron chi connectivity index (χ1n) is 7.69. The van der Waals surface area contributed by atoms with E-state index in [2.05, 4.69) is 25.6 Å². The van der Waals surface area contributed by atoms with Crippen molar-refractivity contribution in [2.75, 3.05) is 20.3 Å². The van der Waals surface area contributed by atoms with Crippen LogP contribution in [0.4, 0.5) is 13.2 Å². The normalized spacial score (nSPS) is 17.8. The molecule has 26 heavy (non-hydrogen) atoms. The van der Waals surface area contributed by atoms with E-state index in [9.17, 15) is 13.2 Å². The Labute approximate surface area is 152 Å². The molecular formula is C15H19F3N4O3S. The Kier molecular flexibility index (Phi) is 7.12. The molecule has 0 saturated carbocycles. The van der Waals surface area contributed by atoms with Gasteiger partial charge in [0.1, 0.15) is 10.8 Å². The molecule has 7 nitrogen and oxygen atoms in total. The van der Waals surface area contributed by atoms with E-state index in [0.29, 0.717) is 5.92 Å². The Bertz CT molecular complexity index is 691. The minimum absolute atomic E-state index is 0.500. The number of carbonyl (C=O) groups is 1. The monoisotopic (exact) mass is 392 g/mol. The number of aliphatic carboxylic acids is 1. The number of imidazole rings is 1. The highest BCUT2D eigenvalue weighted by molar-refractivity contribution is 7.09. The summed E-state index contributed by atoms with van der Waals surface area (Å²) in [4.78, 5) is 20.1. The maximum atomic E-state index is 10.6. The highest BCUT2D eigenvalue weighted by atomic mass is 32.1. The van der Waals surface area contributed by atoms with E-state index in [-0.39, 0.29) is 0 Å². The Hall–Kier alpha value is -1.98. The molecule has 2 aromatic rings. The predicted molar refractivity (Wildman–Crippen MR) is 87.5 cm³/mol. The molecule has 1 atom stereocenters. The summed E-state index contributed by atoms with van der Waals surface area (Å²) in [5, 5.41) is 10.3. The second kappa shape index (κ2) is 9.10. The van der Waals surface area contributed by atoms with Crippen LogP contribution in [0.5, 0.6) is 0 Å². The number of alkyl halides is 3. The fourth-order valence-electron chi connectivity index (χ4n) is 2.61. The van der Waals surface area contributed by atoms with Crippen molar-refractivity contribution in [1.82, 2.24) is 19.4 Å². The molecule has 1 aliphatic heterocycles. The molecule has 0 bridgehead atoms. The molecule has 144 valence electrons. The lowest BCUT2D eigenvalue weighted by molar-refractivity contribution is -0.192. The SMILES string of the molecule is COCC1CN(Cc2nccs2)Cc2nccn2C1.O=C(O)C(F)(F)F. The molecule has 0 aromatic carbocycles. The average molecular weight is 392 g/mol. The smallest absolute Gasteiger partial charge is 0.475 e. The molecule has 2 aromatic heterocycles. The fourth-order valence-corrected chi connectivity index (χ4v) is 3.27. The summed E-state index contributed by atoms with van der Waals surface area (Å²) in [5.41, 5.74) is 0. The van der Waals surface area contributed by atoms with Gasteiger partial charge < -0.3 is 14.4 Å². The molecule has 0 fully saturated rings. The molecule has 3 heterocycles. The number of ether oxygens (including phenoxy) is 1. The van der Waals surface area contributed by atoms with Crippen LogP contribution in [-0.2, 0) is 29.2 Å². The van der Waals surface area contributed by atoms with Crippen LogP contribution < -0.4 is 0 Å². The van der Waals surface area contributed by atoms with Gasteiger partial charge in [-0.3, -0.25) is 4.90 Å². The number of methoxy groups -OCH3 is 1. The summed E-state index contributed by atoms with van der Waals surface area (Å²) < 4.78 is 39.3. The Balaban J connectivity index is 0.000000298. The Morgan fingerprint density at radius 3 is 2.69 bits per heavy atom. The van der Waals surface area contributed by atoms with Crippen molar-refractivity contribution in [3.05, 3.63) is 34.8 Å². The van der Waals surface area contributed by atoms with Gasteiger partial charge in [-0.25, -0.2) is 14.8 Å². The van der Waals surface area contributed by atoms with E-state index in [4.69, 9.17) is 14.6 Å². The van der Waals surface area contributed by atoms with Crippen LogP contribution in [0.1, 0.15) is 10.8 Å². The van der Waals surface area contributed by atoms with Crippen molar-refractivity contribution in [1.29, 1.82) is 0 Å². The summed E-state index contributed by atoms with van der Waals surface area (Å²) in [5.74, 6) is -1.12. The number of aromatic nitrogens is 3. The number of thiazole rings is 1. The average Bonchev–Trinajstić information content (AvgIpc) is 3.17. The Morgan fingerprint density at radius 1 is 1.38 bits per heavy atom. The largest absolute Gasteiger partial charge is 0.490 e. The summed E-state index contributed by atoms with van der Waals surface area (Å²) in [6.07, 6.45) is 0.725. The van der Waals surface area contributed by atoms with E-state index < -0.39 is 12.1 Å². The van der Waals surface area contributed by atoms with E-state index in [1.807, 2.05) is 17.8 Å². The highest BCUT2D eigenvalue weighted by Gasteiger charge is 2.38. The number of hydrogen-bond donors (Lipinski definition) is 1. The molecule has 0 amide bonds. The van der Waals surface area contributed by atoms with E-state index in [1.54, 1.807) is 18.4 Å². The van der Waals surface area contributed by atoms with Gasteiger partial charge in [0.2, 0.25) is 0 Å².